The summed E-state index contributed by atoms with van der Waals surface area (Å²) in [7, 11) is 0. The predicted octanol–water partition coefficient (Wildman–Crippen LogP) is 1.83. The maximum absolute atomic E-state index is 9.18. The Hall–Kier alpha value is -2.31. The van der Waals surface area contributed by atoms with Crippen molar-refractivity contribution in [2.45, 2.75) is 6.54 Å². The zero-order chi connectivity index (χ0) is 16.1. The molecule has 3 rings (SSSR count). The van der Waals surface area contributed by atoms with Crippen LogP contribution in [-0.2, 0) is 6.54 Å². The topological polar surface area (TPSA) is 70.6 Å². The summed E-state index contributed by atoms with van der Waals surface area (Å²) in [6.45, 7) is 7.02. The second-order valence-corrected chi connectivity index (χ2v) is 5.38. The Labute approximate surface area is 135 Å². The van der Waals surface area contributed by atoms with Crippen molar-refractivity contribution in [1.82, 2.24) is 15.1 Å². The molecule has 2 heterocycles. The fourth-order valence-corrected chi connectivity index (χ4v) is 2.68. The van der Waals surface area contributed by atoms with Crippen LogP contribution in [0.5, 0.6) is 11.5 Å². The van der Waals surface area contributed by atoms with Gasteiger partial charge in [-0.25, -0.2) is 0 Å². The van der Waals surface area contributed by atoms with Gasteiger partial charge >= 0.3 is 0 Å². The van der Waals surface area contributed by atoms with Gasteiger partial charge in [-0.15, -0.1) is 6.58 Å². The molecule has 0 atom stereocenters. The summed E-state index contributed by atoms with van der Waals surface area (Å²) in [5.74, 6) is 1.53. The molecule has 23 heavy (non-hydrogen) atoms. The van der Waals surface area contributed by atoms with Crippen LogP contribution in [0.25, 0.3) is 11.3 Å². The average molecular weight is 315 g/mol. The van der Waals surface area contributed by atoms with Gasteiger partial charge in [-0.3, -0.25) is 10.00 Å². The Morgan fingerprint density at radius 2 is 2.13 bits per heavy atom. The Balaban J connectivity index is 1.84. The summed E-state index contributed by atoms with van der Waals surface area (Å²) in [4.78, 5) is 2.11. The van der Waals surface area contributed by atoms with Gasteiger partial charge in [0, 0.05) is 30.8 Å². The third kappa shape index (κ3) is 3.55. The SMILES string of the molecule is C=CCN(CCO)Cc1cn[nH]c1-c1ccc2c(c1)OCCO2. The molecule has 122 valence electrons. The molecule has 0 aliphatic carbocycles. The van der Waals surface area contributed by atoms with E-state index in [-0.39, 0.29) is 6.61 Å². The highest BCUT2D eigenvalue weighted by atomic mass is 16.6. The second kappa shape index (κ2) is 7.30. The summed E-state index contributed by atoms with van der Waals surface area (Å²) in [6, 6.07) is 5.88. The smallest absolute Gasteiger partial charge is 0.162 e. The Kier molecular flexibility index (Phi) is 4.95. The molecule has 0 spiro atoms. The predicted molar refractivity (Wildman–Crippen MR) is 87.6 cm³/mol. The molecular formula is C17H21N3O3. The molecule has 0 unspecified atom stereocenters. The lowest BCUT2D eigenvalue weighted by Crippen LogP contribution is -2.26. The van der Waals surface area contributed by atoms with E-state index >= 15 is 0 Å². The summed E-state index contributed by atoms with van der Waals surface area (Å²) < 4.78 is 11.2. The van der Waals surface area contributed by atoms with E-state index in [0.717, 1.165) is 28.3 Å². The van der Waals surface area contributed by atoms with Gasteiger partial charge in [-0.05, 0) is 18.2 Å². The molecule has 0 fully saturated rings. The standard InChI is InChI=1S/C17H21N3O3/c1-2-5-20(6-7-21)12-14-11-18-19-17(14)13-3-4-15-16(10-13)23-9-8-22-15/h2-4,10-11,21H,1,5-9,12H2,(H,18,19). The average Bonchev–Trinajstić information content (AvgIpc) is 3.03. The normalized spacial score (nSPS) is 13.3. The van der Waals surface area contributed by atoms with Crippen molar-refractivity contribution in [2.24, 2.45) is 0 Å². The van der Waals surface area contributed by atoms with Gasteiger partial charge in [0.15, 0.2) is 11.5 Å². The highest BCUT2D eigenvalue weighted by Gasteiger charge is 2.16. The van der Waals surface area contributed by atoms with Gasteiger partial charge in [0.2, 0.25) is 0 Å². The highest BCUT2D eigenvalue weighted by molar-refractivity contribution is 5.66. The number of nitrogens with one attached hydrogen (secondary N) is 1. The van der Waals surface area contributed by atoms with Crippen LogP contribution in [0.2, 0.25) is 0 Å². The van der Waals surface area contributed by atoms with Gasteiger partial charge in [-0.2, -0.15) is 5.10 Å². The maximum atomic E-state index is 9.18. The largest absolute Gasteiger partial charge is 0.486 e. The fourth-order valence-electron chi connectivity index (χ4n) is 2.68. The molecule has 6 heteroatoms. The van der Waals surface area contributed by atoms with Gasteiger partial charge in [0.05, 0.1) is 18.5 Å². The van der Waals surface area contributed by atoms with Gasteiger partial charge in [0.1, 0.15) is 13.2 Å². The van der Waals surface area contributed by atoms with Crippen molar-refractivity contribution in [3.8, 4) is 22.8 Å². The van der Waals surface area contributed by atoms with Gasteiger partial charge in [0.25, 0.3) is 0 Å². The minimum atomic E-state index is 0.116. The lowest BCUT2D eigenvalue weighted by atomic mass is 10.1. The summed E-state index contributed by atoms with van der Waals surface area (Å²) in [5, 5.41) is 16.4. The van der Waals surface area contributed by atoms with Crippen molar-refractivity contribution in [1.29, 1.82) is 0 Å². The lowest BCUT2D eigenvalue weighted by Gasteiger charge is -2.20. The zero-order valence-electron chi connectivity index (χ0n) is 13.0. The summed E-state index contributed by atoms with van der Waals surface area (Å²) in [6.07, 6.45) is 3.65. The zero-order valence-corrected chi connectivity index (χ0v) is 13.0. The van der Waals surface area contributed by atoms with Crippen LogP contribution in [0, 0.1) is 0 Å². The minimum absolute atomic E-state index is 0.116. The molecule has 0 radical (unpaired) electrons. The number of rotatable bonds is 7. The monoisotopic (exact) mass is 315 g/mol. The third-order valence-corrected chi connectivity index (χ3v) is 3.75. The molecule has 1 aliphatic heterocycles. The Bertz CT molecular complexity index is 669. The summed E-state index contributed by atoms with van der Waals surface area (Å²) in [5.41, 5.74) is 3.02. The van der Waals surface area contributed by atoms with E-state index in [4.69, 9.17) is 9.47 Å². The van der Waals surface area contributed by atoms with Crippen LogP contribution in [-0.4, -0.2) is 53.1 Å². The van der Waals surface area contributed by atoms with E-state index in [1.54, 1.807) is 0 Å². The number of H-pyrrole nitrogens is 1. The molecule has 0 saturated carbocycles. The van der Waals surface area contributed by atoms with Crippen molar-refractivity contribution in [2.75, 3.05) is 32.9 Å². The number of nitrogens with zero attached hydrogens (tertiary/aromatic N) is 2. The number of hydrogen-bond donors (Lipinski definition) is 2. The molecule has 1 aromatic carbocycles. The van der Waals surface area contributed by atoms with E-state index in [9.17, 15) is 5.11 Å². The molecular weight excluding hydrogens is 294 g/mol. The van der Waals surface area contributed by atoms with E-state index in [1.165, 1.54) is 0 Å². The van der Waals surface area contributed by atoms with E-state index in [0.29, 0.717) is 32.8 Å². The van der Waals surface area contributed by atoms with Crippen molar-refractivity contribution in [3.63, 3.8) is 0 Å². The fraction of sp³-hybridized carbons (Fsp3) is 0.353. The first-order valence-corrected chi connectivity index (χ1v) is 7.68. The molecule has 6 nitrogen and oxygen atoms in total. The van der Waals surface area contributed by atoms with Gasteiger partial charge in [-0.1, -0.05) is 6.08 Å². The number of ether oxygens (including phenoxy) is 2. The van der Waals surface area contributed by atoms with Crippen molar-refractivity contribution in [3.05, 3.63) is 42.6 Å². The number of aromatic amines is 1. The minimum Gasteiger partial charge on any atom is -0.486 e. The first-order valence-electron chi connectivity index (χ1n) is 7.68. The number of benzene rings is 1. The molecule has 0 saturated heterocycles. The second-order valence-electron chi connectivity index (χ2n) is 5.38. The highest BCUT2D eigenvalue weighted by Crippen LogP contribution is 2.35. The molecule has 1 aromatic heterocycles. The van der Waals surface area contributed by atoms with Crippen LogP contribution in [0.4, 0.5) is 0 Å². The lowest BCUT2D eigenvalue weighted by molar-refractivity contribution is 0.171. The number of hydrogen-bond acceptors (Lipinski definition) is 5. The third-order valence-electron chi connectivity index (χ3n) is 3.75. The van der Waals surface area contributed by atoms with Crippen LogP contribution < -0.4 is 9.47 Å². The Morgan fingerprint density at radius 1 is 1.30 bits per heavy atom. The number of aliphatic hydroxyl groups is 1. The summed E-state index contributed by atoms with van der Waals surface area (Å²) >= 11 is 0. The van der Waals surface area contributed by atoms with Crippen LogP contribution in [0.3, 0.4) is 0 Å². The van der Waals surface area contributed by atoms with Crippen LogP contribution >= 0.6 is 0 Å². The van der Waals surface area contributed by atoms with E-state index < -0.39 is 0 Å². The van der Waals surface area contributed by atoms with Crippen LogP contribution in [0.1, 0.15) is 5.56 Å². The molecule has 0 bridgehead atoms. The molecule has 2 aromatic rings. The van der Waals surface area contributed by atoms with Crippen LogP contribution in [0.15, 0.2) is 37.1 Å². The van der Waals surface area contributed by atoms with Crippen molar-refractivity contribution < 1.29 is 14.6 Å². The molecule has 2 N–H and O–H groups in total. The first kappa shape index (κ1) is 15.6. The number of aliphatic hydroxyl groups excluding tert-OH is 1. The first-order chi connectivity index (χ1) is 11.3. The Morgan fingerprint density at radius 3 is 2.91 bits per heavy atom. The van der Waals surface area contributed by atoms with Gasteiger partial charge < -0.3 is 14.6 Å². The molecule has 0 amide bonds. The van der Waals surface area contributed by atoms with E-state index in [1.807, 2.05) is 30.5 Å². The maximum Gasteiger partial charge on any atom is 0.162 e. The quantitative estimate of drug-likeness (QED) is 0.763. The number of aromatic nitrogens is 2. The van der Waals surface area contributed by atoms with E-state index in [2.05, 4.69) is 21.7 Å². The number of fused-ring (bicyclic) bond motifs is 1. The molecule has 1 aliphatic rings. The van der Waals surface area contributed by atoms with Crippen molar-refractivity contribution >= 4 is 0 Å².